The van der Waals surface area contributed by atoms with E-state index in [-0.39, 0.29) is 0 Å². The molecule has 0 bridgehead atoms. The quantitative estimate of drug-likeness (QED) is 0.666. The summed E-state index contributed by atoms with van der Waals surface area (Å²) in [6.45, 7) is 8.04. The normalized spacial score (nSPS) is 24.8. The van der Waals surface area contributed by atoms with E-state index in [1.807, 2.05) is 0 Å². The lowest BCUT2D eigenvalue weighted by molar-refractivity contribution is 0.328. The summed E-state index contributed by atoms with van der Waals surface area (Å²) in [5.74, 6) is 0.919. The fraction of sp³-hybridized carbons (Fsp3) is 1.00. The first-order valence-corrected chi connectivity index (χ1v) is 5.30. The van der Waals surface area contributed by atoms with Gasteiger partial charge in [-0.1, -0.05) is 26.7 Å². The molecule has 0 amide bonds. The second-order valence-corrected chi connectivity index (χ2v) is 3.77. The third kappa shape index (κ3) is 3.11. The van der Waals surface area contributed by atoms with Gasteiger partial charge < -0.3 is 10.6 Å². The summed E-state index contributed by atoms with van der Waals surface area (Å²) in [7, 11) is 0. The largest absolute Gasteiger partial charge is 0.314 e. The summed E-state index contributed by atoms with van der Waals surface area (Å²) in [5, 5.41) is 6.98. The lowest BCUT2D eigenvalue weighted by atomic mass is 9.94. The van der Waals surface area contributed by atoms with E-state index in [0.29, 0.717) is 0 Å². The summed E-state index contributed by atoms with van der Waals surface area (Å²) in [4.78, 5) is 0. The summed E-state index contributed by atoms with van der Waals surface area (Å²) >= 11 is 0. The van der Waals surface area contributed by atoms with Gasteiger partial charge in [-0.25, -0.2) is 0 Å². The summed E-state index contributed by atoms with van der Waals surface area (Å²) in [5.41, 5.74) is 0. The van der Waals surface area contributed by atoms with Crippen molar-refractivity contribution < 1.29 is 0 Å². The van der Waals surface area contributed by atoms with Crippen molar-refractivity contribution in [2.75, 3.05) is 19.6 Å². The summed E-state index contributed by atoms with van der Waals surface area (Å²) in [6, 6.07) is 0.726. The van der Waals surface area contributed by atoms with Crippen molar-refractivity contribution in [3.63, 3.8) is 0 Å². The minimum Gasteiger partial charge on any atom is -0.314 e. The van der Waals surface area contributed by atoms with Gasteiger partial charge >= 0.3 is 0 Å². The number of rotatable bonds is 4. The minimum atomic E-state index is 0.726. The van der Waals surface area contributed by atoms with Crippen molar-refractivity contribution in [3.8, 4) is 0 Å². The molecular formula is C10H22N2. The molecule has 0 radical (unpaired) electrons. The monoisotopic (exact) mass is 170 g/mol. The highest BCUT2D eigenvalue weighted by atomic mass is 15.0. The van der Waals surface area contributed by atoms with Crippen molar-refractivity contribution in [2.45, 2.75) is 39.2 Å². The summed E-state index contributed by atoms with van der Waals surface area (Å²) in [6.07, 6.45) is 4.00. The maximum Gasteiger partial charge on any atom is 0.0195 e. The Morgan fingerprint density at radius 2 is 2.00 bits per heavy atom. The third-order valence-corrected chi connectivity index (χ3v) is 2.90. The van der Waals surface area contributed by atoms with Crippen LogP contribution in [0.25, 0.3) is 0 Å². The Bertz CT molecular complexity index is 104. The Balaban J connectivity index is 2.18. The highest BCUT2D eigenvalue weighted by molar-refractivity contribution is 4.77. The number of hydrogen-bond donors (Lipinski definition) is 2. The SMILES string of the molecule is CCC(CC)CC1CNCCN1. The van der Waals surface area contributed by atoms with Gasteiger partial charge in [-0.2, -0.15) is 0 Å². The fourth-order valence-corrected chi connectivity index (χ4v) is 1.90. The predicted molar refractivity (Wildman–Crippen MR) is 53.3 cm³/mol. The molecule has 0 aromatic carbocycles. The zero-order chi connectivity index (χ0) is 8.81. The standard InChI is InChI=1S/C10H22N2/c1-3-9(4-2)7-10-8-11-5-6-12-10/h9-12H,3-8H2,1-2H3. The highest BCUT2D eigenvalue weighted by Gasteiger charge is 2.15. The van der Waals surface area contributed by atoms with Crippen LogP contribution in [0.3, 0.4) is 0 Å². The Kier molecular flexibility index (Phi) is 4.62. The topological polar surface area (TPSA) is 24.1 Å². The first-order valence-electron chi connectivity index (χ1n) is 5.30. The zero-order valence-electron chi connectivity index (χ0n) is 8.40. The first kappa shape index (κ1) is 10.0. The fourth-order valence-electron chi connectivity index (χ4n) is 1.90. The van der Waals surface area contributed by atoms with E-state index in [1.165, 1.54) is 19.3 Å². The van der Waals surface area contributed by atoms with Gasteiger partial charge in [-0.05, 0) is 12.3 Å². The van der Waals surface area contributed by atoms with E-state index in [0.717, 1.165) is 31.6 Å². The third-order valence-electron chi connectivity index (χ3n) is 2.90. The Morgan fingerprint density at radius 3 is 2.50 bits per heavy atom. The predicted octanol–water partition coefficient (Wildman–Crippen LogP) is 1.37. The van der Waals surface area contributed by atoms with E-state index in [2.05, 4.69) is 24.5 Å². The van der Waals surface area contributed by atoms with Crippen LogP contribution in [0, 0.1) is 5.92 Å². The number of nitrogens with one attached hydrogen (secondary N) is 2. The molecule has 1 atom stereocenters. The van der Waals surface area contributed by atoms with Gasteiger partial charge in [0, 0.05) is 25.7 Å². The average Bonchev–Trinajstić information content (AvgIpc) is 2.16. The second-order valence-electron chi connectivity index (χ2n) is 3.77. The van der Waals surface area contributed by atoms with Crippen LogP contribution < -0.4 is 10.6 Å². The van der Waals surface area contributed by atoms with Crippen LogP contribution in [-0.4, -0.2) is 25.7 Å². The van der Waals surface area contributed by atoms with Crippen molar-refractivity contribution in [1.82, 2.24) is 10.6 Å². The van der Waals surface area contributed by atoms with Gasteiger partial charge in [0.05, 0.1) is 0 Å². The summed E-state index contributed by atoms with van der Waals surface area (Å²) < 4.78 is 0. The van der Waals surface area contributed by atoms with Gasteiger partial charge in [0.2, 0.25) is 0 Å². The smallest absolute Gasteiger partial charge is 0.0195 e. The molecule has 2 heteroatoms. The molecule has 1 fully saturated rings. The van der Waals surface area contributed by atoms with Crippen LogP contribution in [0.4, 0.5) is 0 Å². The number of hydrogen-bond acceptors (Lipinski definition) is 2. The van der Waals surface area contributed by atoms with Crippen molar-refractivity contribution >= 4 is 0 Å². The van der Waals surface area contributed by atoms with Crippen LogP contribution in [-0.2, 0) is 0 Å². The maximum absolute atomic E-state index is 3.56. The molecule has 0 saturated carbocycles. The van der Waals surface area contributed by atoms with Crippen LogP contribution in [0.1, 0.15) is 33.1 Å². The lowest BCUT2D eigenvalue weighted by Gasteiger charge is -2.27. The molecule has 2 nitrogen and oxygen atoms in total. The molecule has 0 aromatic heterocycles. The van der Waals surface area contributed by atoms with Crippen LogP contribution in [0.5, 0.6) is 0 Å². The Morgan fingerprint density at radius 1 is 1.25 bits per heavy atom. The molecule has 1 rings (SSSR count). The maximum atomic E-state index is 3.56. The van der Waals surface area contributed by atoms with Gasteiger partial charge in [-0.15, -0.1) is 0 Å². The van der Waals surface area contributed by atoms with Gasteiger partial charge in [0.1, 0.15) is 0 Å². The molecule has 1 unspecified atom stereocenters. The lowest BCUT2D eigenvalue weighted by Crippen LogP contribution is -2.48. The molecule has 2 N–H and O–H groups in total. The first-order chi connectivity index (χ1) is 5.86. The van der Waals surface area contributed by atoms with E-state index < -0.39 is 0 Å². The highest BCUT2D eigenvalue weighted by Crippen LogP contribution is 2.14. The molecule has 1 heterocycles. The molecule has 0 spiro atoms. The van der Waals surface area contributed by atoms with Crippen molar-refractivity contribution in [1.29, 1.82) is 0 Å². The molecule has 0 aliphatic carbocycles. The molecular weight excluding hydrogens is 148 g/mol. The van der Waals surface area contributed by atoms with E-state index >= 15 is 0 Å². The molecule has 1 saturated heterocycles. The Labute approximate surface area is 76.1 Å². The molecule has 12 heavy (non-hydrogen) atoms. The second kappa shape index (κ2) is 5.55. The molecule has 0 aromatic rings. The average molecular weight is 170 g/mol. The van der Waals surface area contributed by atoms with Crippen molar-refractivity contribution in [2.24, 2.45) is 5.92 Å². The zero-order valence-corrected chi connectivity index (χ0v) is 8.40. The van der Waals surface area contributed by atoms with Crippen LogP contribution in [0.2, 0.25) is 0 Å². The van der Waals surface area contributed by atoms with E-state index in [4.69, 9.17) is 0 Å². The van der Waals surface area contributed by atoms with E-state index in [9.17, 15) is 0 Å². The van der Waals surface area contributed by atoms with Gasteiger partial charge in [-0.3, -0.25) is 0 Å². The molecule has 1 aliphatic heterocycles. The number of piperazine rings is 1. The van der Waals surface area contributed by atoms with Crippen molar-refractivity contribution in [3.05, 3.63) is 0 Å². The van der Waals surface area contributed by atoms with Gasteiger partial charge in [0.25, 0.3) is 0 Å². The molecule has 72 valence electrons. The van der Waals surface area contributed by atoms with Crippen LogP contribution in [0.15, 0.2) is 0 Å². The Hall–Kier alpha value is -0.0800. The van der Waals surface area contributed by atoms with E-state index in [1.54, 1.807) is 0 Å². The molecule has 1 aliphatic rings. The minimum absolute atomic E-state index is 0.726. The van der Waals surface area contributed by atoms with Crippen LogP contribution >= 0.6 is 0 Å². The van der Waals surface area contributed by atoms with Gasteiger partial charge in [0.15, 0.2) is 0 Å².